The fraction of sp³-hybridized carbons (Fsp3) is 0.583. The molecule has 0 saturated heterocycles. The Hall–Kier alpha value is -0.830. The maximum atomic E-state index is 11.0. The highest BCUT2D eigenvalue weighted by Gasteiger charge is 2.18. The number of hydrogen-bond donors (Lipinski definition) is 1. The van der Waals surface area contributed by atoms with Crippen molar-refractivity contribution >= 4 is 17.3 Å². The van der Waals surface area contributed by atoms with Gasteiger partial charge in [-0.05, 0) is 35.3 Å². The summed E-state index contributed by atoms with van der Waals surface area (Å²) in [6.07, 6.45) is 3.29. The van der Waals surface area contributed by atoms with Crippen LogP contribution in [0.25, 0.3) is 0 Å². The summed E-state index contributed by atoms with van der Waals surface area (Å²) in [7, 11) is 0. The van der Waals surface area contributed by atoms with Crippen molar-refractivity contribution in [3.63, 3.8) is 0 Å². The molecule has 0 aliphatic carbocycles. The van der Waals surface area contributed by atoms with Gasteiger partial charge in [0.15, 0.2) is 0 Å². The van der Waals surface area contributed by atoms with Crippen molar-refractivity contribution in [1.29, 1.82) is 0 Å². The maximum absolute atomic E-state index is 11.0. The van der Waals surface area contributed by atoms with Gasteiger partial charge in [-0.3, -0.25) is 0 Å². The predicted molar refractivity (Wildman–Crippen MR) is 64.0 cm³/mol. The van der Waals surface area contributed by atoms with Crippen LogP contribution in [0.1, 0.15) is 60.3 Å². The first-order valence-corrected chi connectivity index (χ1v) is 6.29. The monoisotopic (exact) mass is 226 g/mol. The van der Waals surface area contributed by atoms with E-state index in [-0.39, 0.29) is 0 Å². The smallest absolute Gasteiger partial charge is 0.346 e. The first-order chi connectivity index (χ1) is 7.07. The molecule has 2 nitrogen and oxygen atoms in total. The molecule has 0 bridgehead atoms. The molecule has 1 N–H and O–H groups in total. The second-order valence-corrected chi connectivity index (χ2v) is 4.95. The van der Waals surface area contributed by atoms with Crippen LogP contribution in [-0.4, -0.2) is 11.1 Å². The number of hydrogen-bond acceptors (Lipinski definition) is 2. The van der Waals surface area contributed by atoms with Crippen molar-refractivity contribution in [3.05, 3.63) is 21.4 Å². The van der Waals surface area contributed by atoms with E-state index in [0.29, 0.717) is 10.8 Å². The molecule has 15 heavy (non-hydrogen) atoms. The molecule has 0 unspecified atom stereocenters. The van der Waals surface area contributed by atoms with Gasteiger partial charge < -0.3 is 5.11 Å². The average molecular weight is 226 g/mol. The Bertz CT molecular complexity index is 339. The predicted octanol–water partition coefficient (Wildman–Crippen LogP) is 3.91. The van der Waals surface area contributed by atoms with E-state index in [1.807, 2.05) is 5.38 Å². The van der Waals surface area contributed by atoms with Gasteiger partial charge in [-0.1, -0.05) is 27.2 Å². The number of carbonyl (C=O) groups is 1. The number of carboxylic acid groups (broad SMARTS) is 1. The Balaban J connectivity index is 3.01. The van der Waals surface area contributed by atoms with E-state index in [1.54, 1.807) is 0 Å². The minimum atomic E-state index is -0.786. The van der Waals surface area contributed by atoms with Crippen molar-refractivity contribution in [2.75, 3.05) is 0 Å². The molecule has 0 amide bonds. The number of aromatic carboxylic acids is 1. The SMILES string of the molecule is CCCCc1csc(C(=O)O)c1C(C)C. The van der Waals surface area contributed by atoms with Gasteiger partial charge in [0.1, 0.15) is 4.88 Å². The molecule has 1 aromatic rings. The second-order valence-electron chi connectivity index (χ2n) is 4.07. The van der Waals surface area contributed by atoms with Crippen molar-refractivity contribution in [2.45, 2.75) is 46.0 Å². The van der Waals surface area contributed by atoms with Gasteiger partial charge in [0.25, 0.3) is 0 Å². The normalized spacial score (nSPS) is 10.9. The molecule has 0 fully saturated rings. The van der Waals surface area contributed by atoms with Gasteiger partial charge in [-0.2, -0.15) is 0 Å². The molecule has 0 aliphatic rings. The Morgan fingerprint density at radius 3 is 2.67 bits per heavy atom. The highest BCUT2D eigenvalue weighted by molar-refractivity contribution is 7.12. The lowest BCUT2D eigenvalue weighted by Crippen LogP contribution is -2.02. The topological polar surface area (TPSA) is 37.3 Å². The lowest BCUT2D eigenvalue weighted by molar-refractivity contribution is 0.0700. The summed E-state index contributed by atoms with van der Waals surface area (Å²) >= 11 is 1.36. The minimum Gasteiger partial charge on any atom is -0.477 e. The molecule has 1 heterocycles. The molecular weight excluding hydrogens is 208 g/mol. The van der Waals surface area contributed by atoms with Gasteiger partial charge in [0, 0.05) is 0 Å². The van der Waals surface area contributed by atoms with Crippen molar-refractivity contribution in [3.8, 4) is 0 Å². The summed E-state index contributed by atoms with van der Waals surface area (Å²) in [5, 5.41) is 11.1. The van der Waals surface area contributed by atoms with Crippen LogP contribution in [0.4, 0.5) is 0 Å². The van der Waals surface area contributed by atoms with Crippen molar-refractivity contribution in [2.24, 2.45) is 0 Å². The summed E-state index contributed by atoms with van der Waals surface area (Å²) in [5.74, 6) is -0.486. The van der Waals surface area contributed by atoms with Crippen LogP contribution in [0.2, 0.25) is 0 Å². The summed E-state index contributed by atoms with van der Waals surface area (Å²) in [6, 6.07) is 0. The molecule has 3 heteroatoms. The van der Waals surface area contributed by atoms with E-state index in [0.717, 1.165) is 24.8 Å². The molecule has 1 aromatic heterocycles. The molecule has 0 radical (unpaired) electrons. The van der Waals surface area contributed by atoms with E-state index < -0.39 is 5.97 Å². The number of unbranched alkanes of at least 4 members (excludes halogenated alkanes) is 1. The third kappa shape index (κ3) is 2.81. The summed E-state index contributed by atoms with van der Waals surface area (Å²) in [4.78, 5) is 11.5. The molecule has 0 spiro atoms. The van der Waals surface area contributed by atoms with Crippen LogP contribution in [0.5, 0.6) is 0 Å². The highest BCUT2D eigenvalue weighted by Crippen LogP contribution is 2.30. The standard InChI is InChI=1S/C12H18O2S/c1-4-5-6-9-7-15-11(12(13)14)10(9)8(2)3/h7-8H,4-6H2,1-3H3,(H,13,14). The molecule has 0 saturated carbocycles. The van der Waals surface area contributed by atoms with Crippen LogP contribution in [0, 0.1) is 0 Å². The Morgan fingerprint density at radius 2 is 2.20 bits per heavy atom. The molecule has 84 valence electrons. The fourth-order valence-electron chi connectivity index (χ4n) is 1.76. The third-order valence-electron chi connectivity index (χ3n) is 2.48. The minimum absolute atomic E-state index is 0.300. The third-order valence-corrected chi connectivity index (χ3v) is 3.51. The lowest BCUT2D eigenvalue weighted by Gasteiger charge is -2.08. The summed E-state index contributed by atoms with van der Waals surface area (Å²) in [6.45, 7) is 6.27. The number of rotatable bonds is 5. The van der Waals surface area contributed by atoms with Gasteiger partial charge >= 0.3 is 5.97 Å². The number of thiophene rings is 1. The van der Waals surface area contributed by atoms with Crippen LogP contribution < -0.4 is 0 Å². The first-order valence-electron chi connectivity index (χ1n) is 5.41. The zero-order valence-electron chi connectivity index (χ0n) is 9.54. The van der Waals surface area contributed by atoms with Crippen LogP contribution in [-0.2, 0) is 6.42 Å². The van der Waals surface area contributed by atoms with Crippen molar-refractivity contribution < 1.29 is 9.90 Å². The van der Waals surface area contributed by atoms with Gasteiger partial charge in [0.2, 0.25) is 0 Å². The van der Waals surface area contributed by atoms with E-state index in [4.69, 9.17) is 5.11 Å². The molecule has 1 rings (SSSR count). The Morgan fingerprint density at radius 1 is 1.53 bits per heavy atom. The molecule has 0 aromatic carbocycles. The van der Waals surface area contributed by atoms with Gasteiger partial charge in [0.05, 0.1) is 0 Å². The molecular formula is C12H18O2S. The average Bonchev–Trinajstić information content (AvgIpc) is 2.58. The van der Waals surface area contributed by atoms with Gasteiger partial charge in [-0.25, -0.2) is 4.79 Å². The quantitative estimate of drug-likeness (QED) is 0.826. The Kier molecular flexibility index (Phi) is 4.33. The zero-order valence-corrected chi connectivity index (χ0v) is 10.4. The van der Waals surface area contributed by atoms with E-state index >= 15 is 0 Å². The first kappa shape index (κ1) is 12.2. The summed E-state index contributed by atoms with van der Waals surface area (Å²) < 4.78 is 0. The fourth-order valence-corrected chi connectivity index (χ4v) is 2.86. The van der Waals surface area contributed by atoms with E-state index in [2.05, 4.69) is 20.8 Å². The maximum Gasteiger partial charge on any atom is 0.346 e. The van der Waals surface area contributed by atoms with Crippen molar-refractivity contribution in [1.82, 2.24) is 0 Å². The number of carboxylic acids is 1. The van der Waals surface area contributed by atoms with Gasteiger partial charge in [-0.15, -0.1) is 11.3 Å². The van der Waals surface area contributed by atoms with Crippen LogP contribution >= 0.6 is 11.3 Å². The zero-order chi connectivity index (χ0) is 11.4. The van der Waals surface area contributed by atoms with Crippen LogP contribution in [0.3, 0.4) is 0 Å². The largest absolute Gasteiger partial charge is 0.477 e. The second kappa shape index (κ2) is 5.31. The molecule has 0 atom stereocenters. The van der Waals surface area contributed by atoms with E-state index in [9.17, 15) is 4.79 Å². The van der Waals surface area contributed by atoms with E-state index in [1.165, 1.54) is 16.9 Å². The number of aryl methyl sites for hydroxylation is 1. The highest BCUT2D eigenvalue weighted by atomic mass is 32.1. The van der Waals surface area contributed by atoms with Crippen LogP contribution in [0.15, 0.2) is 5.38 Å². The lowest BCUT2D eigenvalue weighted by atomic mass is 9.96. The molecule has 0 aliphatic heterocycles. The Labute approximate surface area is 94.9 Å². The summed E-state index contributed by atoms with van der Waals surface area (Å²) in [5.41, 5.74) is 2.27.